The van der Waals surface area contributed by atoms with Gasteiger partial charge in [0.15, 0.2) is 0 Å². The van der Waals surface area contributed by atoms with Gasteiger partial charge in [-0.2, -0.15) is 5.10 Å². The molecule has 0 N–H and O–H groups in total. The number of amides is 2. The summed E-state index contributed by atoms with van der Waals surface area (Å²) < 4.78 is 43.5. The maximum atomic E-state index is 16.2. The summed E-state index contributed by atoms with van der Waals surface area (Å²) in [5, 5.41) is 7.58. The maximum Gasteiger partial charge on any atom is 0.254 e. The number of fused-ring (bicyclic) bond motifs is 3. The van der Waals surface area contributed by atoms with E-state index in [9.17, 15) is 14.0 Å². The second-order valence-corrected chi connectivity index (χ2v) is 12.4. The van der Waals surface area contributed by atoms with Gasteiger partial charge in [0.25, 0.3) is 5.91 Å². The highest BCUT2D eigenvalue weighted by molar-refractivity contribution is 7.17. The van der Waals surface area contributed by atoms with Crippen LogP contribution in [0.25, 0.3) is 38.3 Å². The molecule has 48 heavy (non-hydrogen) atoms. The number of aromatic nitrogens is 3. The van der Waals surface area contributed by atoms with Crippen molar-refractivity contribution >= 4 is 38.8 Å². The van der Waals surface area contributed by atoms with Crippen LogP contribution in [-0.4, -0.2) is 70.3 Å². The Labute approximate surface area is 281 Å². The minimum Gasteiger partial charge on any atom is -0.491 e. The van der Waals surface area contributed by atoms with Gasteiger partial charge in [-0.05, 0) is 61.2 Å². The summed E-state index contributed by atoms with van der Waals surface area (Å²) in [6, 6.07) is 9.11. The summed E-state index contributed by atoms with van der Waals surface area (Å²) >= 11 is 1.39. The Bertz CT molecular complexity index is 2030. The Balaban J connectivity index is 1.63. The van der Waals surface area contributed by atoms with Crippen molar-refractivity contribution in [3.8, 4) is 22.6 Å². The average Bonchev–Trinajstić information content (AvgIpc) is 3.82. The number of nitrogens with zero attached hydrogens (tertiary/aromatic N) is 5. The molecule has 2 aliphatic heterocycles. The van der Waals surface area contributed by atoms with Gasteiger partial charge in [0.2, 0.25) is 5.91 Å². The number of rotatable bonds is 10. The molecular weight excluding hydrogens is 636 g/mol. The molecule has 0 radical (unpaired) electrons. The molecule has 0 aliphatic carbocycles. The lowest BCUT2D eigenvalue weighted by molar-refractivity contribution is -0.129. The van der Waals surface area contributed by atoms with Crippen LogP contribution >= 0.6 is 11.3 Å². The third kappa shape index (κ3) is 5.75. The lowest BCUT2D eigenvalue weighted by Gasteiger charge is -2.33. The number of benzene rings is 1. The topological polar surface area (TPSA) is 89.8 Å². The minimum atomic E-state index is -0.854. The van der Waals surface area contributed by atoms with Gasteiger partial charge < -0.3 is 19.3 Å². The Morgan fingerprint density at radius 3 is 2.73 bits per heavy atom. The second-order valence-electron chi connectivity index (χ2n) is 11.5. The number of carbonyl (C=O) groups is 2. The molecule has 2 aliphatic rings. The number of hydrogen-bond donors (Lipinski definition) is 0. The molecule has 248 valence electrons. The van der Waals surface area contributed by atoms with Gasteiger partial charge in [-0.25, -0.2) is 13.8 Å². The van der Waals surface area contributed by atoms with Crippen LogP contribution in [0, 0.1) is 0 Å². The number of allylic oxidation sites excluding steroid dienone is 4. The van der Waals surface area contributed by atoms with E-state index in [0.717, 1.165) is 28.3 Å². The van der Waals surface area contributed by atoms with E-state index < -0.39 is 5.83 Å². The van der Waals surface area contributed by atoms with Crippen LogP contribution in [0.3, 0.4) is 0 Å². The molecule has 4 aromatic rings. The van der Waals surface area contributed by atoms with Crippen molar-refractivity contribution in [3.05, 3.63) is 101 Å². The van der Waals surface area contributed by atoms with Gasteiger partial charge in [0.1, 0.15) is 29.6 Å². The molecule has 0 bridgehead atoms. The molecule has 12 heteroatoms. The zero-order valence-electron chi connectivity index (χ0n) is 27.1. The van der Waals surface area contributed by atoms with Crippen LogP contribution in [0.4, 0.5) is 8.78 Å². The number of hydrogen-bond acceptors (Lipinski definition) is 7. The predicted octanol–water partition coefficient (Wildman–Crippen LogP) is 7.23. The lowest BCUT2D eigenvalue weighted by atomic mass is 9.94. The summed E-state index contributed by atoms with van der Waals surface area (Å²) in [7, 11) is 3.30. The highest BCUT2D eigenvalue weighted by atomic mass is 32.1. The standard InChI is InChI=1S/C36H35F2N5O4S/c1-6-29(47-16-15-46-5)31(26(38)10-12-37)32-34(27-19-28-21(3)42(30(44)7-2)13-14-43(28)40-27)39-33(25-11-17-48-35(25)32)22-8-9-24-23(18-22)20-41(4)36(24)45/h6-12,17-19,21H,2,13-16,20H2,1,3-5H3/b12-10+,29-6+,31-26-/t21-/m1/s1. The molecule has 0 unspecified atom stereocenters. The molecule has 0 saturated carbocycles. The van der Waals surface area contributed by atoms with Gasteiger partial charge in [0.05, 0.1) is 42.5 Å². The summed E-state index contributed by atoms with van der Waals surface area (Å²) in [6.07, 6.45) is 3.82. The molecule has 5 heterocycles. The zero-order chi connectivity index (χ0) is 34.1. The monoisotopic (exact) mass is 671 g/mol. The van der Waals surface area contributed by atoms with Crippen molar-refractivity contribution in [3.63, 3.8) is 0 Å². The van der Waals surface area contributed by atoms with Crippen molar-refractivity contribution in [2.24, 2.45) is 0 Å². The molecule has 0 saturated heterocycles. The Morgan fingerprint density at radius 2 is 2.00 bits per heavy atom. The Hall–Kier alpha value is -4.94. The van der Waals surface area contributed by atoms with Crippen LogP contribution in [0.15, 0.2) is 78.4 Å². The van der Waals surface area contributed by atoms with E-state index in [-0.39, 0.29) is 48.7 Å². The summed E-state index contributed by atoms with van der Waals surface area (Å²) in [5.41, 5.74) is 4.94. The zero-order valence-corrected chi connectivity index (χ0v) is 27.9. The average molecular weight is 672 g/mol. The SMILES string of the molecule is C=CC(=O)N1CCn2nc(-c3nc(-c4ccc5c(c4)CN(C)C5=O)c4ccsc4c3C(/C(=C\C)OCCOC)=C(F)/C=C/F)cc2[C@H]1C. The third-order valence-corrected chi connectivity index (χ3v) is 9.61. The quantitative estimate of drug-likeness (QED) is 0.0765. The molecule has 6 rings (SSSR count). The third-order valence-electron chi connectivity index (χ3n) is 8.68. The molecule has 3 aromatic heterocycles. The van der Waals surface area contributed by atoms with E-state index in [2.05, 4.69) is 6.58 Å². The molecule has 2 amide bonds. The highest BCUT2D eigenvalue weighted by Crippen LogP contribution is 2.45. The number of ether oxygens (including phenoxy) is 2. The van der Waals surface area contributed by atoms with Gasteiger partial charge in [-0.15, -0.1) is 11.3 Å². The van der Waals surface area contributed by atoms with Gasteiger partial charge in [-0.1, -0.05) is 12.6 Å². The molecule has 9 nitrogen and oxygen atoms in total. The number of methoxy groups -OCH3 is 1. The number of pyridine rings is 1. The first-order valence-corrected chi connectivity index (χ1v) is 16.4. The Kier molecular flexibility index (Phi) is 9.38. The number of halogens is 2. The van der Waals surface area contributed by atoms with Crippen LogP contribution in [0.2, 0.25) is 0 Å². The van der Waals surface area contributed by atoms with E-state index in [0.29, 0.717) is 52.5 Å². The molecule has 0 fully saturated rings. The van der Waals surface area contributed by atoms with Crippen molar-refractivity contribution in [2.45, 2.75) is 33.0 Å². The maximum absolute atomic E-state index is 16.2. The van der Waals surface area contributed by atoms with Gasteiger partial charge in [-0.3, -0.25) is 14.3 Å². The van der Waals surface area contributed by atoms with E-state index in [1.807, 2.05) is 47.3 Å². The fraction of sp³-hybridized carbons (Fsp3) is 0.278. The van der Waals surface area contributed by atoms with E-state index >= 15 is 4.39 Å². The van der Waals surface area contributed by atoms with Crippen LogP contribution in [0.5, 0.6) is 0 Å². The van der Waals surface area contributed by atoms with Crippen molar-refractivity contribution in [1.29, 1.82) is 0 Å². The van der Waals surface area contributed by atoms with Crippen LogP contribution < -0.4 is 0 Å². The van der Waals surface area contributed by atoms with Gasteiger partial charge in [0, 0.05) is 60.1 Å². The van der Waals surface area contributed by atoms with E-state index in [1.54, 1.807) is 29.8 Å². The van der Waals surface area contributed by atoms with E-state index in [4.69, 9.17) is 19.6 Å². The van der Waals surface area contributed by atoms with Crippen LogP contribution in [-0.2, 0) is 27.4 Å². The fourth-order valence-corrected chi connectivity index (χ4v) is 7.29. The summed E-state index contributed by atoms with van der Waals surface area (Å²) in [6.45, 7) is 9.02. The molecule has 1 atom stereocenters. The lowest BCUT2D eigenvalue weighted by Crippen LogP contribution is -2.40. The fourth-order valence-electron chi connectivity index (χ4n) is 6.35. The predicted molar refractivity (Wildman–Crippen MR) is 182 cm³/mol. The molecular formula is C36H35F2N5O4S. The first-order valence-electron chi connectivity index (χ1n) is 15.5. The minimum absolute atomic E-state index is 0.0210. The smallest absolute Gasteiger partial charge is 0.254 e. The first kappa shape index (κ1) is 33.0. The van der Waals surface area contributed by atoms with Gasteiger partial charge >= 0.3 is 0 Å². The molecule has 1 aromatic carbocycles. The van der Waals surface area contributed by atoms with Crippen molar-refractivity contribution in [1.82, 2.24) is 24.6 Å². The van der Waals surface area contributed by atoms with Crippen molar-refractivity contribution < 1.29 is 27.8 Å². The second kappa shape index (κ2) is 13.7. The summed E-state index contributed by atoms with van der Waals surface area (Å²) in [4.78, 5) is 33.9. The summed E-state index contributed by atoms with van der Waals surface area (Å²) in [5.74, 6) is -0.893. The largest absolute Gasteiger partial charge is 0.491 e. The highest BCUT2D eigenvalue weighted by Gasteiger charge is 2.32. The number of carbonyl (C=O) groups excluding carboxylic acids is 2. The first-order chi connectivity index (χ1) is 23.2. The van der Waals surface area contributed by atoms with Crippen molar-refractivity contribution in [2.75, 3.05) is 33.9 Å². The normalized spacial score (nSPS) is 16.8. The van der Waals surface area contributed by atoms with E-state index in [1.165, 1.54) is 24.5 Å². The Morgan fingerprint density at radius 1 is 1.19 bits per heavy atom. The number of thiophene rings is 1. The van der Waals surface area contributed by atoms with Crippen LogP contribution in [0.1, 0.15) is 47.1 Å². The molecule has 0 spiro atoms.